The monoisotopic (exact) mass is 321 g/mol. The Kier molecular flexibility index (Phi) is 3.28. The Morgan fingerprint density at radius 2 is 2.21 bits per heavy atom. The van der Waals surface area contributed by atoms with Gasteiger partial charge < -0.3 is 10.3 Å². The van der Waals surface area contributed by atoms with Gasteiger partial charge in [-0.25, -0.2) is 9.97 Å². The topological polar surface area (TPSA) is 58.0 Å². The molecule has 19 heavy (non-hydrogen) atoms. The van der Waals surface area contributed by atoms with Crippen molar-refractivity contribution in [1.82, 2.24) is 24.7 Å². The van der Waals surface area contributed by atoms with E-state index in [-0.39, 0.29) is 17.0 Å². The zero-order valence-electron chi connectivity index (χ0n) is 10.5. The van der Waals surface area contributed by atoms with E-state index in [1.807, 2.05) is 18.6 Å². The van der Waals surface area contributed by atoms with Crippen molar-refractivity contribution in [2.24, 2.45) is 0 Å². The Morgan fingerprint density at radius 1 is 1.26 bits per heavy atom. The molecule has 3 aromatic rings. The minimum Gasteiger partial charge on any atom is -0.345 e. The molecule has 4 heterocycles. The van der Waals surface area contributed by atoms with Crippen LogP contribution in [0, 0.1) is 0 Å². The van der Waals surface area contributed by atoms with E-state index >= 15 is 0 Å². The molecule has 100 valence electrons. The molecule has 1 fully saturated rings. The highest BCUT2D eigenvalue weighted by molar-refractivity contribution is 8.93. The maximum atomic E-state index is 4.48. The first-order valence-electron chi connectivity index (χ1n) is 6.43. The first-order valence-corrected chi connectivity index (χ1v) is 6.43. The van der Waals surface area contributed by atoms with Gasteiger partial charge in [0.2, 0.25) is 0 Å². The van der Waals surface area contributed by atoms with Gasteiger partial charge >= 0.3 is 0 Å². The number of nitrogens with one attached hydrogen (secondary N) is 2. The second-order valence-electron chi connectivity index (χ2n) is 4.89. The molecule has 3 aromatic heterocycles. The fraction of sp³-hybridized carbons (Fsp3) is 0.385. The van der Waals surface area contributed by atoms with Gasteiger partial charge in [0.15, 0.2) is 11.3 Å². The van der Waals surface area contributed by atoms with Crippen LogP contribution < -0.4 is 5.32 Å². The fourth-order valence-electron chi connectivity index (χ4n) is 2.88. The van der Waals surface area contributed by atoms with Crippen LogP contribution in [0.3, 0.4) is 0 Å². The third-order valence-corrected chi connectivity index (χ3v) is 3.79. The SMILES string of the molecule is Br.c1cc2c(ncc3ncc([C@@H]4CCCNC4)n32)[nH]1. The molecule has 0 spiro atoms. The normalized spacial score (nSPS) is 19.7. The Labute approximate surface area is 121 Å². The van der Waals surface area contributed by atoms with Crippen LogP contribution in [0.1, 0.15) is 24.5 Å². The molecular weight excluding hydrogens is 306 g/mol. The standard InChI is InChI=1S/C13H15N5.BrH/c1-2-9(6-14-4-1)11-7-16-12-8-17-13-10(18(11)12)3-5-15-13;/h3,5,7-9,14-15H,1-2,4,6H2;1H/t9-;/m1./s1. The summed E-state index contributed by atoms with van der Waals surface area (Å²) >= 11 is 0. The maximum absolute atomic E-state index is 4.48. The average molecular weight is 322 g/mol. The predicted molar refractivity (Wildman–Crippen MR) is 80.0 cm³/mol. The number of imidazole rings is 1. The number of aromatic amines is 1. The zero-order valence-corrected chi connectivity index (χ0v) is 12.2. The van der Waals surface area contributed by atoms with Crippen LogP contribution in [-0.4, -0.2) is 32.4 Å². The van der Waals surface area contributed by atoms with E-state index in [0.717, 1.165) is 29.9 Å². The van der Waals surface area contributed by atoms with Gasteiger partial charge in [-0.15, -0.1) is 17.0 Å². The van der Waals surface area contributed by atoms with Crippen molar-refractivity contribution in [1.29, 1.82) is 0 Å². The lowest BCUT2D eigenvalue weighted by atomic mass is 9.96. The summed E-state index contributed by atoms with van der Waals surface area (Å²) in [5, 5.41) is 3.47. The highest BCUT2D eigenvalue weighted by Crippen LogP contribution is 2.26. The van der Waals surface area contributed by atoms with Gasteiger partial charge in [-0.05, 0) is 25.5 Å². The van der Waals surface area contributed by atoms with E-state index in [2.05, 4.69) is 30.7 Å². The Morgan fingerprint density at radius 3 is 3.05 bits per heavy atom. The van der Waals surface area contributed by atoms with Crippen LogP contribution in [0.25, 0.3) is 16.8 Å². The number of hydrogen-bond acceptors (Lipinski definition) is 3. The number of aromatic nitrogens is 4. The van der Waals surface area contributed by atoms with Crippen molar-refractivity contribution in [2.75, 3.05) is 13.1 Å². The fourth-order valence-corrected chi connectivity index (χ4v) is 2.88. The van der Waals surface area contributed by atoms with Crippen LogP contribution in [-0.2, 0) is 0 Å². The lowest BCUT2D eigenvalue weighted by molar-refractivity contribution is 0.454. The van der Waals surface area contributed by atoms with Crippen molar-refractivity contribution in [3.8, 4) is 0 Å². The molecule has 4 rings (SSSR count). The Hall–Kier alpha value is -1.40. The van der Waals surface area contributed by atoms with Gasteiger partial charge in [0.1, 0.15) is 0 Å². The summed E-state index contributed by atoms with van der Waals surface area (Å²) in [5.74, 6) is 0.550. The van der Waals surface area contributed by atoms with Crippen LogP contribution in [0.2, 0.25) is 0 Å². The quantitative estimate of drug-likeness (QED) is 0.722. The summed E-state index contributed by atoms with van der Waals surface area (Å²) in [5.41, 5.74) is 4.27. The van der Waals surface area contributed by atoms with Crippen LogP contribution in [0.15, 0.2) is 24.7 Å². The van der Waals surface area contributed by atoms with Crippen LogP contribution in [0.4, 0.5) is 0 Å². The van der Waals surface area contributed by atoms with Crippen molar-refractivity contribution in [2.45, 2.75) is 18.8 Å². The number of nitrogens with zero attached hydrogens (tertiary/aromatic N) is 3. The molecule has 0 saturated carbocycles. The summed E-state index contributed by atoms with van der Waals surface area (Å²) < 4.78 is 2.23. The molecule has 1 atom stereocenters. The molecule has 6 heteroatoms. The third kappa shape index (κ3) is 1.95. The number of hydrogen-bond donors (Lipinski definition) is 2. The summed E-state index contributed by atoms with van der Waals surface area (Å²) in [6.07, 6.45) is 8.23. The molecule has 5 nitrogen and oxygen atoms in total. The average Bonchev–Trinajstić information content (AvgIpc) is 3.05. The number of piperidine rings is 1. The predicted octanol–water partition coefficient (Wildman–Crippen LogP) is 2.26. The molecule has 0 bridgehead atoms. The van der Waals surface area contributed by atoms with E-state index < -0.39 is 0 Å². The smallest absolute Gasteiger partial charge is 0.156 e. The van der Waals surface area contributed by atoms with Gasteiger partial charge in [-0.2, -0.15) is 0 Å². The molecule has 0 aromatic carbocycles. The van der Waals surface area contributed by atoms with Gasteiger partial charge in [0.05, 0.1) is 11.7 Å². The molecule has 2 N–H and O–H groups in total. The van der Waals surface area contributed by atoms with Gasteiger partial charge in [0.25, 0.3) is 0 Å². The molecule has 1 aliphatic heterocycles. The Bertz CT molecular complexity index is 695. The zero-order chi connectivity index (χ0) is 11.9. The molecule has 0 amide bonds. The highest BCUT2D eigenvalue weighted by Gasteiger charge is 2.20. The summed E-state index contributed by atoms with van der Waals surface area (Å²) in [4.78, 5) is 12.0. The number of fused-ring (bicyclic) bond motifs is 3. The van der Waals surface area contributed by atoms with E-state index in [1.165, 1.54) is 18.5 Å². The van der Waals surface area contributed by atoms with Crippen LogP contribution in [0.5, 0.6) is 0 Å². The molecule has 0 unspecified atom stereocenters. The largest absolute Gasteiger partial charge is 0.345 e. The van der Waals surface area contributed by atoms with Crippen molar-refractivity contribution < 1.29 is 0 Å². The van der Waals surface area contributed by atoms with Crippen molar-refractivity contribution in [3.63, 3.8) is 0 Å². The number of rotatable bonds is 1. The lowest BCUT2D eigenvalue weighted by Crippen LogP contribution is -2.29. The maximum Gasteiger partial charge on any atom is 0.156 e. The van der Waals surface area contributed by atoms with E-state index in [4.69, 9.17) is 0 Å². The summed E-state index contributed by atoms with van der Waals surface area (Å²) in [6.45, 7) is 2.18. The molecule has 1 aliphatic rings. The first-order chi connectivity index (χ1) is 8.93. The molecule has 0 aliphatic carbocycles. The minimum atomic E-state index is 0. The second kappa shape index (κ2) is 4.94. The lowest BCUT2D eigenvalue weighted by Gasteiger charge is -2.22. The van der Waals surface area contributed by atoms with E-state index in [9.17, 15) is 0 Å². The number of H-pyrrole nitrogens is 1. The van der Waals surface area contributed by atoms with E-state index in [1.54, 1.807) is 0 Å². The van der Waals surface area contributed by atoms with Gasteiger partial charge in [-0.1, -0.05) is 0 Å². The summed E-state index contributed by atoms with van der Waals surface area (Å²) in [7, 11) is 0. The second-order valence-corrected chi connectivity index (χ2v) is 4.89. The van der Waals surface area contributed by atoms with Gasteiger partial charge in [0, 0.05) is 30.6 Å². The number of halogens is 1. The molecule has 0 radical (unpaired) electrons. The highest BCUT2D eigenvalue weighted by atomic mass is 79.9. The molecule has 1 saturated heterocycles. The van der Waals surface area contributed by atoms with Crippen LogP contribution >= 0.6 is 17.0 Å². The summed E-state index contributed by atoms with van der Waals surface area (Å²) in [6, 6.07) is 2.07. The molecular formula is C13H16BrN5. The van der Waals surface area contributed by atoms with E-state index in [0.29, 0.717) is 5.92 Å². The Balaban J connectivity index is 0.00000110. The minimum absolute atomic E-state index is 0. The first kappa shape index (κ1) is 12.6. The van der Waals surface area contributed by atoms with Crippen molar-refractivity contribution in [3.05, 3.63) is 30.4 Å². The van der Waals surface area contributed by atoms with Crippen molar-refractivity contribution >= 4 is 33.8 Å². The third-order valence-electron chi connectivity index (χ3n) is 3.79. The van der Waals surface area contributed by atoms with Gasteiger partial charge in [-0.3, -0.25) is 4.40 Å².